The first-order valence-electron chi connectivity index (χ1n) is 8.20. The molecule has 0 bridgehead atoms. The molecule has 0 saturated carbocycles. The highest BCUT2D eigenvalue weighted by Gasteiger charge is 2.49. The summed E-state index contributed by atoms with van der Waals surface area (Å²) in [6.07, 6.45) is 6.25. The zero-order valence-electron chi connectivity index (χ0n) is 13.2. The van der Waals surface area contributed by atoms with Gasteiger partial charge in [0.25, 0.3) is 0 Å². The number of ether oxygens (including phenoxy) is 2. The number of hydrogen-bond donors (Lipinski definition) is 0. The summed E-state index contributed by atoms with van der Waals surface area (Å²) >= 11 is 0. The molecule has 3 rings (SSSR count). The molecule has 2 fully saturated rings. The predicted octanol–water partition coefficient (Wildman–Crippen LogP) is 2.41. The van der Waals surface area contributed by atoms with Crippen LogP contribution in [0.5, 0.6) is 5.88 Å². The minimum Gasteiger partial charge on any atom is -0.474 e. The molecule has 2 aliphatic heterocycles. The molecule has 2 aliphatic rings. The SMILES string of the molecule is CCCCC(=O)N1CC2(C[C@@H](Oc3ccccn3)CCO2)C1. The first-order chi connectivity index (χ1) is 10.7. The van der Waals surface area contributed by atoms with Crippen LogP contribution >= 0.6 is 0 Å². The van der Waals surface area contributed by atoms with E-state index in [1.165, 1.54) is 0 Å². The van der Waals surface area contributed by atoms with Crippen LogP contribution in [0, 0.1) is 0 Å². The van der Waals surface area contributed by atoms with E-state index in [0.717, 1.165) is 25.7 Å². The monoisotopic (exact) mass is 304 g/mol. The maximum absolute atomic E-state index is 12.0. The standard InChI is InChI=1S/C17H24N2O3/c1-2-3-7-16(20)19-12-17(13-19)11-14(8-10-21-17)22-15-6-4-5-9-18-15/h4-6,9,14H,2-3,7-8,10-13H2,1H3/t14-/m0/s1. The summed E-state index contributed by atoms with van der Waals surface area (Å²) < 4.78 is 11.9. The number of likely N-dealkylation sites (tertiary alicyclic amines) is 1. The van der Waals surface area contributed by atoms with Crippen molar-refractivity contribution in [3.63, 3.8) is 0 Å². The number of carbonyl (C=O) groups is 1. The van der Waals surface area contributed by atoms with Gasteiger partial charge in [-0.2, -0.15) is 0 Å². The van der Waals surface area contributed by atoms with E-state index in [0.29, 0.717) is 32.0 Å². The second kappa shape index (κ2) is 6.65. The van der Waals surface area contributed by atoms with Crippen LogP contribution in [0.3, 0.4) is 0 Å². The molecule has 22 heavy (non-hydrogen) atoms. The molecular weight excluding hydrogens is 280 g/mol. The number of carbonyl (C=O) groups excluding carboxylic acids is 1. The summed E-state index contributed by atoms with van der Waals surface area (Å²) in [5.74, 6) is 0.920. The first-order valence-corrected chi connectivity index (χ1v) is 8.20. The molecule has 1 spiro atoms. The van der Waals surface area contributed by atoms with Crippen molar-refractivity contribution in [1.29, 1.82) is 0 Å². The predicted molar refractivity (Wildman–Crippen MR) is 82.7 cm³/mol. The Morgan fingerprint density at radius 1 is 1.50 bits per heavy atom. The molecule has 0 unspecified atom stereocenters. The lowest BCUT2D eigenvalue weighted by molar-refractivity contribution is -0.193. The molecule has 120 valence electrons. The van der Waals surface area contributed by atoms with E-state index in [4.69, 9.17) is 9.47 Å². The average Bonchev–Trinajstić information content (AvgIpc) is 2.51. The van der Waals surface area contributed by atoms with Gasteiger partial charge in [-0.05, 0) is 12.5 Å². The average molecular weight is 304 g/mol. The summed E-state index contributed by atoms with van der Waals surface area (Å²) in [7, 11) is 0. The van der Waals surface area contributed by atoms with Crippen molar-refractivity contribution in [2.75, 3.05) is 19.7 Å². The summed E-state index contributed by atoms with van der Waals surface area (Å²) in [4.78, 5) is 18.1. The maximum atomic E-state index is 12.0. The zero-order chi connectivity index (χ0) is 15.4. The van der Waals surface area contributed by atoms with Crippen molar-refractivity contribution in [1.82, 2.24) is 9.88 Å². The fraction of sp³-hybridized carbons (Fsp3) is 0.647. The molecule has 1 amide bonds. The molecule has 1 aromatic rings. The van der Waals surface area contributed by atoms with E-state index in [1.807, 2.05) is 23.1 Å². The Morgan fingerprint density at radius 2 is 2.36 bits per heavy atom. The summed E-state index contributed by atoms with van der Waals surface area (Å²) in [6, 6.07) is 5.68. The van der Waals surface area contributed by atoms with Crippen LogP contribution in [0.15, 0.2) is 24.4 Å². The van der Waals surface area contributed by atoms with Crippen LogP contribution in [-0.2, 0) is 9.53 Å². The van der Waals surface area contributed by atoms with E-state index in [9.17, 15) is 4.79 Å². The van der Waals surface area contributed by atoms with E-state index in [1.54, 1.807) is 6.20 Å². The van der Waals surface area contributed by atoms with Crippen molar-refractivity contribution in [2.24, 2.45) is 0 Å². The number of aromatic nitrogens is 1. The Kier molecular flexibility index (Phi) is 4.62. The molecule has 0 aromatic carbocycles. The van der Waals surface area contributed by atoms with Crippen LogP contribution in [0.25, 0.3) is 0 Å². The number of unbranched alkanes of at least 4 members (excludes halogenated alkanes) is 1. The van der Waals surface area contributed by atoms with E-state index in [-0.39, 0.29) is 17.6 Å². The summed E-state index contributed by atoms with van der Waals surface area (Å²) in [6.45, 7) is 4.21. The number of amides is 1. The van der Waals surface area contributed by atoms with Crippen LogP contribution in [0.2, 0.25) is 0 Å². The minimum atomic E-state index is -0.195. The quantitative estimate of drug-likeness (QED) is 0.838. The van der Waals surface area contributed by atoms with Crippen molar-refractivity contribution >= 4 is 5.91 Å². The Balaban J connectivity index is 1.51. The van der Waals surface area contributed by atoms with Gasteiger partial charge in [-0.1, -0.05) is 19.4 Å². The lowest BCUT2D eigenvalue weighted by Crippen LogP contribution is -2.67. The number of hydrogen-bond acceptors (Lipinski definition) is 4. The zero-order valence-corrected chi connectivity index (χ0v) is 13.2. The number of pyridine rings is 1. The molecule has 5 heteroatoms. The molecule has 5 nitrogen and oxygen atoms in total. The number of nitrogens with zero attached hydrogens (tertiary/aromatic N) is 2. The van der Waals surface area contributed by atoms with Gasteiger partial charge in [0.15, 0.2) is 0 Å². The van der Waals surface area contributed by atoms with Gasteiger partial charge in [0.05, 0.1) is 19.7 Å². The lowest BCUT2D eigenvalue weighted by Gasteiger charge is -2.52. The Morgan fingerprint density at radius 3 is 3.09 bits per heavy atom. The second-order valence-corrected chi connectivity index (χ2v) is 6.29. The van der Waals surface area contributed by atoms with Gasteiger partial charge < -0.3 is 14.4 Å². The Hall–Kier alpha value is -1.62. The molecule has 0 N–H and O–H groups in total. The highest BCUT2D eigenvalue weighted by atomic mass is 16.5. The first kappa shape index (κ1) is 15.3. The van der Waals surface area contributed by atoms with Gasteiger partial charge in [-0.15, -0.1) is 0 Å². The lowest BCUT2D eigenvalue weighted by atomic mass is 9.84. The largest absolute Gasteiger partial charge is 0.474 e. The number of rotatable bonds is 5. The Bertz CT molecular complexity index is 500. The van der Waals surface area contributed by atoms with Gasteiger partial charge in [0.2, 0.25) is 11.8 Å². The van der Waals surface area contributed by atoms with Crippen molar-refractivity contribution in [3.05, 3.63) is 24.4 Å². The van der Waals surface area contributed by atoms with Crippen LogP contribution in [0.1, 0.15) is 39.0 Å². The van der Waals surface area contributed by atoms with Crippen molar-refractivity contribution < 1.29 is 14.3 Å². The maximum Gasteiger partial charge on any atom is 0.222 e. The third-order valence-corrected chi connectivity index (χ3v) is 4.43. The van der Waals surface area contributed by atoms with Gasteiger partial charge in [-0.3, -0.25) is 4.79 Å². The van der Waals surface area contributed by atoms with E-state index < -0.39 is 0 Å². The molecule has 2 saturated heterocycles. The molecule has 1 atom stereocenters. The third-order valence-electron chi connectivity index (χ3n) is 4.43. The fourth-order valence-corrected chi connectivity index (χ4v) is 3.20. The highest BCUT2D eigenvalue weighted by molar-refractivity contribution is 5.77. The topological polar surface area (TPSA) is 51.7 Å². The molecule has 1 aromatic heterocycles. The third kappa shape index (κ3) is 3.40. The molecule has 0 radical (unpaired) electrons. The fourth-order valence-electron chi connectivity index (χ4n) is 3.20. The van der Waals surface area contributed by atoms with Gasteiger partial charge in [0, 0.05) is 31.5 Å². The van der Waals surface area contributed by atoms with E-state index in [2.05, 4.69) is 11.9 Å². The van der Waals surface area contributed by atoms with Gasteiger partial charge in [-0.25, -0.2) is 4.98 Å². The van der Waals surface area contributed by atoms with Crippen LogP contribution < -0.4 is 4.74 Å². The highest BCUT2D eigenvalue weighted by Crippen LogP contribution is 2.35. The van der Waals surface area contributed by atoms with Crippen molar-refractivity contribution in [2.45, 2.75) is 50.7 Å². The summed E-state index contributed by atoms with van der Waals surface area (Å²) in [5.41, 5.74) is -0.195. The van der Waals surface area contributed by atoms with Crippen LogP contribution in [0.4, 0.5) is 0 Å². The van der Waals surface area contributed by atoms with Gasteiger partial charge in [0.1, 0.15) is 11.7 Å². The summed E-state index contributed by atoms with van der Waals surface area (Å²) in [5, 5.41) is 0. The smallest absolute Gasteiger partial charge is 0.222 e. The van der Waals surface area contributed by atoms with Gasteiger partial charge >= 0.3 is 0 Å². The Labute approximate surface area is 131 Å². The second-order valence-electron chi connectivity index (χ2n) is 6.29. The minimum absolute atomic E-state index is 0.122. The molecular formula is C17H24N2O3. The van der Waals surface area contributed by atoms with Crippen LogP contribution in [-0.4, -0.2) is 47.2 Å². The normalized spacial score (nSPS) is 23.1. The molecule has 0 aliphatic carbocycles. The van der Waals surface area contributed by atoms with E-state index >= 15 is 0 Å². The van der Waals surface area contributed by atoms with Crippen molar-refractivity contribution in [3.8, 4) is 5.88 Å². The molecule has 3 heterocycles.